The van der Waals surface area contributed by atoms with Crippen molar-refractivity contribution in [2.75, 3.05) is 13.2 Å². The van der Waals surface area contributed by atoms with Crippen LogP contribution >= 0.6 is 0 Å². The fourth-order valence-corrected chi connectivity index (χ4v) is 3.50. The van der Waals surface area contributed by atoms with E-state index in [-0.39, 0.29) is 42.7 Å². The minimum Gasteiger partial charge on any atom is -0.481 e. The van der Waals surface area contributed by atoms with Crippen molar-refractivity contribution in [2.24, 2.45) is 45.8 Å². The molecule has 0 aromatic rings. The van der Waals surface area contributed by atoms with Crippen molar-refractivity contribution < 1.29 is 84.3 Å². The van der Waals surface area contributed by atoms with Gasteiger partial charge >= 0.3 is 47.8 Å². The number of rotatable bonds is 17. The molecule has 0 bridgehead atoms. The summed E-state index contributed by atoms with van der Waals surface area (Å²) in [4.78, 5) is 80.4. The van der Waals surface area contributed by atoms with E-state index in [0.29, 0.717) is 31.6 Å². The Morgan fingerprint density at radius 3 is 1.22 bits per heavy atom. The van der Waals surface area contributed by atoms with E-state index in [0.717, 1.165) is 32.2 Å². The second-order valence-electron chi connectivity index (χ2n) is 17.5. The first kappa shape index (κ1) is 73.9. The number of hydrogen-bond acceptors (Lipinski definition) is 13. The molecule has 6 unspecified atom stereocenters. The number of aliphatic hydroxyl groups is 1. The van der Waals surface area contributed by atoms with Crippen LogP contribution in [0.5, 0.6) is 0 Å². The normalized spacial score (nSPS) is 16.2. The summed E-state index contributed by atoms with van der Waals surface area (Å²) in [5.41, 5.74) is 13.5. The number of aliphatic hydroxyl groups excluding tert-OH is 1. The van der Waals surface area contributed by atoms with E-state index in [9.17, 15) is 38.4 Å². The lowest BCUT2D eigenvalue weighted by atomic mass is 9.89. The summed E-state index contributed by atoms with van der Waals surface area (Å²) in [6, 6.07) is -1.68. The molecule has 0 spiro atoms. The standard InChI is InChI=1S/C6H11NO2.C6H12O3.C6H12O2.3C5H11NO2.2C5H10O2/c1-4-2-3-7-5(4)6(8)9;1-3-6(2,4-7)5(8)9;1-6(2,3)4-5(7)8;1-3-5(2,6)4(7)8;1-3(2)4(6)5(7)8;1-2-3-4(6)5(7)8;1-4(2)3-5(6)7;1-2-3-4-5(6)7/h4-5,7H,2-3H2,1H3,(H,8,9);7H,3-4H2,1-2H3,(H,8,9);4H2,1-3H3,(H,7,8);3,6H2,1-2H3,(H,7,8);3-4H,6H2,1-2H3,(H,7,8);4H,2-3,6H2,1H3,(H,7,8);4H,3H2,1-2H3,(H,6,7);2-4H2,1H3,(H,6,7). The van der Waals surface area contributed by atoms with Crippen LogP contribution in [0.25, 0.3) is 0 Å². The monoisotopic (exact) mass is 933 g/mol. The van der Waals surface area contributed by atoms with Crippen LogP contribution in [0.4, 0.5) is 0 Å². The van der Waals surface area contributed by atoms with E-state index in [4.69, 9.17) is 63.2 Å². The summed E-state index contributed by atoms with van der Waals surface area (Å²) < 4.78 is 0. The highest BCUT2D eigenvalue weighted by Gasteiger charge is 2.30. The van der Waals surface area contributed by atoms with Gasteiger partial charge in [-0.2, -0.15) is 0 Å². The molecule has 6 atom stereocenters. The van der Waals surface area contributed by atoms with Crippen LogP contribution in [0.1, 0.15) is 161 Å². The van der Waals surface area contributed by atoms with Crippen LogP contribution < -0.4 is 22.5 Å². The molecule has 0 aromatic heterocycles. The number of aliphatic carboxylic acids is 8. The van der Waals surface area contributed by atoms with Crippen LogP contribution in [0, 0.1) is 28.6 Å². The van der Waals surface area contributed by atoms with Crippen molar-refractivity contribution in [1.82, 2.24) is 5.32 Å². The Morgan fingerprint density at radius 1 is 0.688 bits per heavy atom. The summed E-state index contributed by atoms with van der Waals surface area (Å²) >= 11 is 0. The van der Waals surface area contributed by atoms with E-state index in [2.05, 4.69) is 5.32 Å². The molecule has 1 saturated heterocycles. The summed E-state index contributed by atoms with van der Waals surface area (Å²) in [6.07, 6.45) is 5.89. The number of carboxylic acid groups (broad SMARTS) is 8. The lowest BCUT2D eigenvalue weighted by Gasteiger charge is -2.18. The molecule has 1 aliphatic rings. The van der Waals surface area contributed by atoms with Gasteiger partial charge in [0.2, 0.25) is 0 Å². The van der Waals surface area contributed by atoms with Crippen molar-refractivity contribution in [3.8, 4) is 0 Å². The zero-order chi connectivity index (χ0) is 52.8. The average molecular weight is 933 g/mol. The molecule has 0 aliphatic carbocycles. The zero-order valence-corrected chi connectivity index (χ0v) is 41.0. The van der Waals surface area contributed by atoms with Crippen molar-refractivity contribution >= 4 is 47.8 Å². The number of hydrogen-bond donors (Lipinski definition) is 13. The second kappa shape index (κ2) is 41.3. The maximum Gasteiger partial charge on any atom is 0.323 e. The minimum atomic E-state index is -1.04. The van der Waals surface area contributed by atoms with E-state index in [1.165, 1.54) is 13.8 Å². The highest BCUT2D eigenvalue weighted by atomic mass is 16.4. The summed E-state index contributed by atoms with van der Waals surface area (Å²) in [5.74, 6) is -5.98. The Kier molecular flexibility index (Phi) is 47.7. The Balaban J connectivity index is -0.000000116. The van der Waals surface area contributed by atoms with Crippen molar-refractivity contribution in [2.45, 2.75) is 185 Å². The van der Waals surface area contributed by atoms with Gasteiger partial charge in [0.15, 0.2) is 0 Å². The molecule has 16 N–H and O–H groups in total. The van der Waals surface area contributed by atoms with Crippen LogP contribution in [-0.2, 0) is 38.4 Å². The predicted octanol–water partition coefficient (Wildman–Crippen LogP) is 4.89. The minimum absolute atomic E-state index is 0.0208. The van der Waals surface area contributed by atoms with Crippen LogP contribution in [0.15, 0.2) is 0 Å². The number of unbranched alkanes of at least 4 members (excludes halogenated alkanes) is 1. The van der Waals surface area contributed by atoms with Crippen LogP contribution in [0.2, 0.25) is 0 Å². The van der Waals surface area contributed by atoms with Gasteiger partial charge in [0.1, 0.15) is 23.7 Å². The predicted molar refractivity (Wildman–Crippen MR) is 244 cm³/mol. The molecule has 64 heavy (non-hydrogen) atoms. The van der Waals surface area contributed by atoms with Gasteiger partial charge in [-0.15, -0.1) is 0 Å². The van der Waals surface area contributed by atoms with E-state index in [1.807, 2.05) is 55.4 Å². The quantitative estimate of drug-likeness (QED) is 0.0923. The third-order valence-corrected chi connectivity index (χ3v) is 8.60. The van der Waals surface area contributed by atoms with Gasteiger partial charge in [-0.25, -0.2) is 0 Å². The van der Waals surface area contributed by atoms with Gasteiger partial charge in [0, 0.05) is 12.8 Å². The third kappa shape index (κ3) is 53.7. The van der Waals surface area contributed by atoms with Gasteiger partial charge in [-0.3, -0.25) is 38.4 Å². The molecule has 0 amide bonds. The lowest BCUT2D eigenvalue weighted by molar-refractivity contribution is -0.150. The van der Waals surface area contributed by atoms with Crippen molar-refractivity contribution in [3.63, 3.8) is 0 Å². The smallest absolute Gasteiger partial charge is 0.323 e. The zero-order valence-electron chi connectivity index (χ0n) is 41.0. The Hall–Kier alpha value is -4.44. The molecule has 0 aromatic carbocycles. The Labute approximate surface area is 380 Å². The maximum absolute atomic E-state index is 10.3. The van der Waals surface area contributed by atoms with Crippen LogP contribution in [0.3, 0.4) is 0 Å². The van der Waals surface area contributed by atoms with Crippen LogP contribution in [-0.4, -0.2) is 131 Å². The number of nitrogens with two attached hydrogens (primary N) is 3. The summed E-state index contributed by atoms with van der Waals surface area (Å²) in [6.45, 7) is 25.9. The molecule has 1 aliphatic heterocycles. The largest absolute Gasteiger partial charge is 0.481 e. The van der Waals surface area contributed by atoms with E-state index in [1.54, 1.807) is 27.7 Å². The van der Waals surface area contributed by atoms with Gasteiger partial charge in [0.25, 0.3) is 0 Å². The lowest BCUT2D eigenvalue weighted by Crippen LogP contribution is -2.43. The summed E-state index contributed by atoms with van der Waals surface area (Å²) in [5, 5.41) is 77.6. The molecule has 21 nitrogen and oxygen atoms in total. The molecule has 1 heterocycles. The van der Waals surface area contributed by atoms with Crippen molar-refractivity contribution in [3.05, 3.63) is 0 Å². The SMILES string of the molecule is CC(C)(C)CC(=O)O.CC(C)C(N)C(=O)O.CC(C)CC(=O)O.CC1CCNC1C(=O)O.CCC(C)(CO)C(=O)O.CCC(C)(N)C(=O)O.CCCC(N)C(=O)O.CCCCC(=O)O. The van der Waals surface area contributed by atoms with Gasteiger partial charge in [-0.1, -0.05) is 95.9 Å². The second-order valence-corrected chi connectivity index (χ2v) is 17.5. The fraction of sp³-hybridized carbons (Fsp3) is 0.814. The molecule has 382 valence electrons. The first-order valence-corrected chi connectivity index (χ1v) is 21.3. The summed E-state index contributed by atoms with van der Waals surface area (Å²) in [7, 11) is 0. The highest BCUT2D eigenvalue weighted by molar-refractivity contribution is 5.77. The average Bonchev–Trinajstić information content (AvgIpc) is 3.59. The maximum atomic E-state index is 10.3. The van der Waals surface area contributed by atoms with Gasteiger partial charge < -0.3 is 68.5 Å². The highest BCUT2D eigenvalue weighted by Crippen LogP contribution is 2.19. The van der Waals surface area contributed by atoms with Gasteiger partial charge in [0.05, 0.1) is 18.4 Å². The molecule has 1 fully saturated rings. The molecule has 1 rings (SSSR count). The fourth-order valence-electron chi connectivity index (χ4n) is 3.50. The third-order valence-electron chi connectivity index (χ3n) is 8.60. The van der Waals surface area contributed by atoms with E-state index < -0.39 is 70.8 Å². The van der Waals surface area contributed by atoms with Crippen molar-refractivity contribution in [1.29, 1.82) is 0 Å². The molecule has 21 heteroatoms. The number of nitrogens with one attached hydrogen (secondary N) is 1. The molecule has 0 radical (unpaired) electrons. The van der Waals surface area contributed by atoms with E-state index >= 15 is 0 Å². The van der Waals surface area contributed by atoms with Gasteiger partial charge in [-0.05, 0) is 75.7 Å². The number of carboxylic acids is 8. The number of carbonyl (C=O) groups is 8. The topological polar surface area (TPSA) is 409 Å². The first-order valence-electron chi connectivity index (χ1n) is 21.3. The Bertz CT molecular complexity index is 1300. The molecule has 0 saturated carbocycles. The molecular weight excluding hydrogens is 844 g/mol. The first-order chi connectivity index (χ1) is 28.8. The molecular formula is C43H88N4O17. The Morgan fingerprint density at radius 2 is 1.16 bits per heavy atom.